The van der Waals surface area contributed by atoms with Crippen molar-refractivity contribution >= 4 is 17.1 Å². The molecular formula is C17H19N5O3. The molecule has 0 unspecified atom stereocenters. The lowest BCUT2D eigenvalue weighted by atomic mass is 10.1. The Balaban J connectivity index is 1.52. The average Bonchev–Trinajstić information content (AvgIpc) is 2.96. The number of nitrogens with one attached hydrogen (secondary N) is 2. The number of benzene rings is 1. The quantitative estimate of drug-likeness (QED) is 0.664. The van der Waals surface area contributed by atoms with Crippen LogP contribution in [0.15, 0.2) is 41.6 Å². The molecule has 0 saturated heterocycles. The van der Waals surface area contributed by atoms with Gasteiger partial charge in [0, 0.05) is 19.5 Å². The van der Waals surface area contributed by atoms with Gasteiger partial charge in [-0.15, -0.1) is 0 Å². The molecule has 0 saturated carbocycles. The summed E-state index contributed by atoms with van der Waals surface area (Å²) in [6.45, 7) is 0.692. The van der Waals surface area contributed by atoms with Crippen molar-refractivity contribution in [1.82, 2.24) is 24.8 Å². The Labute approximate surface area is 143 Å². The monoisotopic (exact) mass is 341 g/mol. The maximum absolute atomic E-state index is 12.0. The second kappa shape index (κ2) is 7.61. The van der Waals surface area contributed by atoms with Gasteiger partial charge in [0.05, 0.1) is 13.3 Å². The molecule has 3 rings (SSSR count). The maximum atomic E-state index is 12.0. The van der Waals surface area contributed by atoms with E-state index in [1.54, 1.807) is 13.3 Å². The zero-order chi connectivity index (χ0) is 17.6. The molecule has 0 aliphatic rings. The smallest absolute Gasteiger partial charge is 0.327 e. The van der Waals surface area contributed by atoms with E-state index in [9.17, 15) is 9.59 Å². The molecule has 130 valence electrons. The molecule has 2 heterocycles. The van der Waals surface area contributed by atoms with Crippen molar-refractivity contribution in [2.45, 2.75) is 19.4 Å². The van der Waals surface area contributed by atoms with Crippen LogP contribution in [0.2, 0.25) is 0 Å². The van der Waals surface area contributed by atoms with Crippen molar-refractivity contribution in [1.29, 1.82) is 0 Å². The Hall–Kier alpha value is -3.16. The first-order valence-electron chi connectivity index (χ1n) is 7.96. The third-order valence-corrected chi connectivity index (χ3v) is 3.91. The van der Waals surface area contributed by atoms with Gasteiger partial charge in [-0.3, -0.25) is 9.36 Å². The van der Waals surface area contributed by atoms with Crippen LogP contribution < -0.4 is 15.7 Å². The number of H-pyrrole nitrogens is 1. The predicted octanol–water partition coefficient (Wildman–Crippen LogP) is 0.877. The number of nitrogens with zero attached hydrogens (tertiary/aromatic N) is 3. The maximum Gasteiger partial charge on any atom is 0.327 e. The predicted molar refractivity (Wildman–Crippen MR) is 92.5 cm³/mol. The van der Waals surface area contributed by atoms with Gasteiger partial charge in [-0.2, -0.15) is 0 Å². The molecule has 1 aromatic carbocycles. The molecule has 2 N–H and O–H groups in total. The van der Waals surface area contributed by atoms with Crippen molar-refractivity contribution < 1.29 is 9.53 Å². The van der Waals surface area contributed by atoms with Crippen molar-refractivity contribution in [3.63, 3.8) is 0 Å². The molecule has 0 spiro atoms. The number of aryl methyl sites for hydroxylation is 1. The highest BCUT2D eigenvalue weighted by Gasteiger charge is 2.09. The van der Waals surface area contributed by atoms with E-state index in [-0.39, 0.29) is 11.6 Å². The van der Waals surface area contributed by atoms with E-state index in [4.69, 9.17) is 4.74 Å². The lowest BCUT2D eigenvalue weighted by Crippen LogP contribution is -2.30. The molecular weight excluding hydrogens is 322 g/mol. The fraction of sp³-hybridized carbons (Fsp3) is 0.294. The fourth-order valence-electron chi connectivity index (χ4n) is 2.67. The summed E-state index contributed by atoms with van der Waals surface area (Å²) in [6, 6.07) is 7.63. The molecule has 25 heavy (non-hydrogen) atoms. The Morgan fingerprint density at radius 2 is 2.20 bits per heavy atom. The molecule has 0 radical (unpaired) electrons. The van der Waals surface area contributed by atoms with Crippen LogP contribution in [-0.4, -0.2) is 39.1 Å². The van der Waals surface area contributed by atoms with Gasteiger partial charge in [0.25, 0.3) is 0 Å². The summed E-state index contributed by atoms with van der Waals surface area (Å²) in [5.74, 6) is 0.703. The van der Waals surface area contributed by atoms with Crippen LogP contribution in [0.3, 0.4) is 0 Å². The van der Waals surface area contributed by atoms with Crippen LogP contribution in [0.4, 0.5) is 0 Å². The van der Waals surface area contributed by atoms with E-state index in [1.165, 1.54) is 10.9 Å². The topological polar surface area (TPSA) is 102 Å². The number of methoxy groups -OCH3 is 1. The van der Waals surface area contributed by atoms with Crippen LogP contribution in [0, 0.1) is 0 Å². The number of hydrogen-bond acceptors (Lipinski definition) is 5. The minimum atomic E-state index is -0.265. The number of hydrogen-bond donors (Lipinski definition) is 2. The lowest BCUT2D eigenvalue weighted by molar-refractivity contribution is -0.121. The third kappa shape index (κ3) is 3.85. The fourth-order valence-corrected chi connectivity index (χ4v) is 2.67. The number of carbonyl (C=O) groups is 1. The molecule has 0 bridgehead atoms. The van der Waals surface area contributed by atoms with E-state index in [0.717, 1.165) is 11.3 Å². The molecule has 1 amide bonds. The van der Waals surface area contributed by atoms with Gasteiger partial charge in [0.1, 0.15) is 17.6 Å². The van der Waals surface area contributed by atoms with Crippen LogP contribution in [0.5, 0.6) is 5.75 Å². The number of fused-ring (bicyclic) bond motifs is 1. The van der Waals surface area contributed by atoms with Gasteiger partial charge < -0.3 is 15.0 Å². The molecule has 3 aromatic rings. The van der Waals surface area contributed by atoms with E-state index in [1.807, 2.05) is 24.3 Å². The summed E-state index contributed by atoms with van der Waals surface area (Å²) in [5.41, 5.74) is 1.83. The highest BCUT2D eigenvalue weighted by molar-refractivity contribution is 5.76. The number of aromatic nitrogens is 4. The molecule has 0 aliphatic heterocycles. The van der Waals surface area contributed by atoms with Gasteiger partial charge in [-0.05, 0) is 18.1 Å². The number of ether oxygens (including phenoxy) is 1. The summed E-state index contributed by atoms with van der Waals surface area (Å²) in [7, 11) is 1.61. The zero-order valence-corrected chi connectivity index (χ0v) is 13.9. The second-order valence-corrected chi connectivity index (χ2v) is 5.50. The van der Waals surface area contributed by atoms with Crippen molar-refractivity contribution in [3.05, 3.63) is 52.8 Å². The Bertz CT molecular complexity index is 931. The SMILES string of the molecule is COc1ccccc1CCC(=O)NCCn1c(=O)[nH]c2cncnc21. The first-order valence-corrected chi connectivity index (χ1v) is 7.96. The third-order valence-electron chi connectivity index (χ3n) is 3.91. The highest BCUT2D eigenvalue weighted by Crippen LogP contribution is 2.18. The number of rotatable bonds is 7. The van der Waals surface area contributed by atoms with E-state index in [0.29, 0.717) is 37.1 Å². The highest BCUT2D eigenvalue weighted by atomic mass is 16.5. The Morgan fingerprint density at radius 1 is 1.36 bits per heavy atom. The van der Waals surface area contributed by atoms with Crippen molar-refractivity contribution in [3.8, 4) is 5.75 Å². The first kappa shape index (κ1) is 16.7. The molecule has 8 heteroatoms. The zero-order valence-electron chi connectivity index (χ0n) is 13.9. The lowest BCUT2D eigenvalue weighted by Gasteiger charge is -2.09. The summed E-state index contributed by atoms with van der Waals surface area (Å²) in [6.07, 6.45) is 3.88. The van der Waals surface area contributed by atoms with Gasteiger partial charge in [0.15, 0.2) is 5.65 Å². The first-order chi connectivity index (χ1) is 12.2. The molecule has 0 fully saturated rings. The van der Waals surface area contributed by atoms with E-state index >= 15 is 0 Å². The molecule has 8 nitrogen and oxygen atoms in total. The number of para-hydroxylation sites is 1. The largest absolute Gasteiger partial charge is 0.496 e. The van der Waals surface area contributed by atoms with Gasteiger partial charge >= 0.3 is 5.69 Å². The molecule has 2 aromatic heterocycles. The van der Waals surface area contributed by atoms with Gasteiger partial charge in [-0.1, -0.05) is 18.2 Å². The van der Waals surface area contributed by atoms with Gasteiger partial charge in [-0.25, -0.2) is 14.8 Å². The summed E-state index contributed by atoms with van der Waals surface area (Å²) >= 11 is 0. The van der Waals surface area contributed by atoms with E-state index < -0.39 is 0 Å². The summed E-state index contributed by atoms with van der Waals surface area (Å²) in [5, 5.41) is 2.82. The normalized spacial score (nSPS) is 10.8. The minimum Gasteiger partial charge on any atom is -0.496 e. The van der Waals surface area contributed by atoms with Crippen LogP contribution >= 0.6 is 0 Å². The summed E-state index contributed by atoms with van der Waals surface area (Å²) < 4.78 is 6.76. The Morgan fingerprint density at radius 3 is 3.04 bits per heavy atom. The van der Waals surface area contributed by atoms with E-state index in [2.05, 4.69) is 20.3 Å². The van der Waals surface area contributed by atoms with Gasteiger partial charge in [0.2, 0.25) is 5.91 Å². The number of carbonyl (C=O) groups excluding carboxylic acids is 1. The van der Waals surface area contributed by atoms with Crippen LogP contribution in [0.25, 0.3) is 11.2 Å². The minimum absolute atomic E-state index is 0.0755. The van der Waals surface area contributed by atoms with Crippen molar-refractivity contribution in [2.24, 2.45) is 0 Å². The summed E-state index contributed by atoms with van der Waals surface area (Å²) in [4.78, 5) is 34.6. The molecule has 0 atom stereocenters. The number of amides is 1. The number of aromatic amines is 1. The van der Waals surface area contributed by atoms with Crippen LogP contribution in [-0.2, 0) is 17.8 Å². The average molecular weight is 341 g/mol. The Kier molecular flexibility index (Phi) is 5.08. The molecule has 0 aliphatic carbocycles. The second-order valence-electron chi connectivity index (χ2n) is 5.50. The van der Waals surface area contributed by atoms with Crippen molar-refractivity contribution in [2.75, 3.05) is 13.7 Å². The standard InChI is InChI=1S/C17H19N5O3/c1-25-14-5-3-2-4-12(14)6-7-15(23)19-8-9-22-16-13(21-17(22)24)10-18-11-20-16/h2-5,10-11H,6-9H2,1H3,(H,19,23)(H,21,24). The number of imidazole rings is 1. The van der Waals surface area contributed by atoms with Crippen LogP contribution in [0.1, 0.15) is 12.0 Å².